The minimum Gasteiger partial charge on any atom is -0.490 e. The van der Waals surface area contributed by atoms with E-state index in [0.29, 0.717) is 152 Å². The topological polar surface area (TPSA) is 266 Å². The van der Waals surface area contributed by atoms with E-state index in [9.17, 15) is 15.3 Å². The van der Waals surface area contributed by atoms with Gasteiger partial charge in [-0.1, -0.05) is 124 Å². The first-order valence-corrected chi connectivity index (χ1v) is 38.5. The maximum atomic E-state index is 10.7. The summed E-state index contributed by atoms with van der Waals surface area (Å²) in [6.07, 6.45) is 6.04. The maximum absolute atomic E-state index is 10.7. The van der Waals surface area contributed by atoms with Crippen molar-refractivity contribution in [2.24, 2.45) is 11.8 Å². The lowest BCUT2D eigenvalue weighted by atomic mass is 9.88. The summed E-state index contributed by atoms with van der Waals surface area (Å²) in [6, 6.07) is 46.1. The van der Waals surface area contributed by atoms with E-state index in [2.05, 4.69) is 147 Å². The van der Waals surface area contributed by atoms with Gasteiger partial charge in [0.2, 0.25) is 17.7 Å². The molecule has 9 heterocycles. The second kappa shape index (κ2) is 36.5. The molecular formula is C84H98Cl2N10O12. The van der Waals surface area contributed by atoms with Crippen LogP contribution in [0.15, 0.2) is 166 Å². The lowest BCUT2D eigenvalue weighted by Crippen LogP contribution is -2.45. The van der Waals surface area contributed by atoms with Gasteiger partial charge in [-0.2, -0.15) is 0 Å². The number of benzene rings is 6. The zero-order chi connectivity index (χ0) is 75.2. The molecule has 6 aromatic carbocycles. The fourth-order valence-electron chi connectivity index (χ4n) is 14.2. The summed E-state index contributed by atoms with van der Waals surface area (Å²) >= 11 is 12.3. The standard InChI is InChI=1S/C30H37N3O4.C28H31Cl2N3O4.C26H30N4O4/c1-19(2)14-29-31-32-30(37-29)28-16-25-26(6-5-7-27(25)36-28)35-18-24(34)17-33-12-10-22(11-13-33)23-9-8-20(3)21(4)15-23;1-17(2)12-27-31-32-28(37-27)26-14-21-24(4-3-5-25(21)36-26)35-16-20(34)15-33-10-8-18(9-11-33)19-6-7-22(29)23(30)13-19;1-18-28-29-26(33-18)25-14-22-23(8-5-9-24(22)34-25)32-17-21(31)15-27-20-10-12-30(13-11-20)16-19-6-3-2-4-7-19/h5-9,15-16,19,22,24,34H,10-14,17-18H2,1-4H3;3-7,13-14,17-18,20,34H,8-12,15-16H2,1-2H3;2-9,14,20-21,27,31H,10-13,15-17H2,1H3/t24-;20-;21-/m000/s1. The third-order valence-corrected chi connectivity index (χ3v) is 20.9. The molecule has 0 saturated carbocycles. The number of halogens is 2. The van der Waals surface area contributed by atoms with Crippen LogP contribution in [0.25, 0.3) is 67.9 Å². The molecule has 3 aliphatic heterocycles. The van der Waals surface area contributed by atoms with Gasteiger partial charge in [-0.15, -0.1) is 30.6 Å². The molecule has 3 fully saturated rings. The molecule has 0 bridgehead atoms. The average molecular weight is 1510 g/mol. The second-order valence-electron chi connectivity index (χ2n) is 29.7. The van der Waals surface area contributed by atoms with Crippen molar-refractivity contribution >= 4 is 56.1 Å². The molecule has 3 saturated heterocycles. The number of β-amino-alcohol motifs (C(OH)–C–C–N with tert-alkyl or cyclic N) is 2. The molecule has 0 amide bonds. The van der Waals surface area contributed by atoms with Gasteiger partial charge in [0.1, 0.15) is 72.1 Å². The van der Waals surface area contributed by atoms with Crippen LogP contribution in [0.2, 0.25) is 10.0 Å². The molecule has 0 aliphatic carbocycles. The molecule has 0 spiro atoms. The largest absolute Gasteiger partial charge is 0.490 e. The zero-order valence-electron chi connectivity index (χ0n) is 62.5. The minimum absolute atomic E-state index is 0.186. The van der Waals surface area contributed by atoms with Gasteiger partial charge in [0.25, 0.3) is 17.7 Å². The smallest absolute Gasteiger partial charge is 0.283 e. The number of ether oxygens (including phenoxy) is 3. The van der Waals surface area contributed by atoms with Crippen LogP contribution in [0.1, 0.15) is 124 Å². The average Bonchev–Trinajstić information content (AvgIpc) is 1.66. The first-order valence-electron chi connectivity index (χ1n) is 37.8. The molecule has 24 heteroatoms. The molecular weight excluding hydrogens is 1410 g/mol. The summed E-state index contributed by atoms with van der Waals surface area (Å²) in [5.74, 6) is 8.08. The summed E-state index contributed by atoms with van der Waals surface area (Å²) in [5.41, 5.74) is 8.73. The Labute approximate surface area is 639 Å². The van der Waals surface area contributed by atoms with Crippen molar-refractivity contribution in [3.8, 4) is 52.2 Å². The van der Waals surface area contributed by atoms with Crippen molar-refractivity contribution in [2.45, 2.75) is 143 Å². The van der Waals surface area contributed by atoms with Crippen LogP contribution in [0, 0.1) is 32.6 Å². The highest BCUT2D eigenvalue weighted by Crippen LogP contribution is 2.38. The quantitative estimate of drug-likeness (QED) is 0.0373. The first kappa shape index (κ1) is 77.2. The molecule has 108 heavy (non-hydrogen) atoms. The SMILES string of the molecule is CC(C)Cc1nnc(-c2cc3c(OC[C@@H](O)CN4CCC(c5ccc(Cl)c(Cl)c5)CC4)cccc3o2)o1.Cc1ccc(C2CCN(C[C@H](O)COc3cccc4oc(-c5nnc(CC(C)C)o5)cc34)CC2)cc1C.Cc1nnc(-c2cc3c(OC[C@@H](O)CNC4CCN(Cc5ccccc5)CC4)cccc3o2)o1. The van der Waals surface area contributed by atoms with E-state index in [1.54, 1.807) is 6.92 Å². The summed E-state index contributed by atoms with van der Waals surface area (Å²) in [7, 11) is 0. The molecule has 3 aliphatic rings. The van der Waals surface area contributed by atoms with Gasteiger partial charge in [-0.25, -0.2) is 0 Å². The van der Waals surface area contributed by atoms with Gasteiger partial charge >= 0.3 is 0 Å². The molecule has 15 rings (SSSR count). The number of hydrogen-bond acceptors (Lipinski definition) is 22. The number of likely N-dealkylation sites (tertiary alicyclic amines) is 3. The van der Waals surface area contributed by atoms with Crippen LogP contribution in [0.5, 0.6) is 17.2 Å². The Morgan fingerprint density at radius 3 is 1.34 bits per heavy atom. The minimum atomic E-state index is -0.613. The van der Waals surface area contributed by atoms with E-state index in [0.717, 1.165) is 107 Å². The van der Waals surface area contributed by atoms with Gasteiger partial charge in [-0.3, -0.25) is 4.90 Å². The van der Waals surface area contributed by atoms with E-state index in [-0.39, 0.29) is 19.8 Å². The number of aliphatic hydroxyl groups excluding tert-OH is 3. The number of rotatable bonds is 27. The lowest BCUT2D eigenvalue weighted by molar-refractivity contribution is 0.0598. The Bertz CT molecular complexity index is 4630. The number of nitrogens with one attached hydrogen (secondary N) is 1. The van der Waals surface area contributed by atoms with Crippen molar-refractivity contribution < 1.29 is 56.0 Å². The number of furan rings is 3. The molecule has 0 unspecified atom stereocenters. The third kappa shape index (κ3) is 20.7. The Kier molecular flexibility index (Phi) is 26.1. The van der Waals surface area contributed by atoms with Crippen LogP contribution in [0.4, 0.5) is 0 Å². The fourth-order valence-corrected chi connectivity index (χ4v) is 14.5. The third-order valence-electron chi connectivity index (χ3n) is 20.1. The second-order valence-corrected chi connectivity index (χ2v) is 30.5. The fraction of sp³-hybridized carbons (Fsp3) is 0.429. The summed E-state index contributed by atoms with van der Waals surface area (Å²) < 4.78 is 52.7. The van der Waals surface area contributed by atoms with Gasteiger partial charge in [0.15, 0.2) is 17.3 Å². The van der Waals surface area contributed by atoms with E-state index < -0.39 is 18.3 Å². The molecule has 570 valence electrons. The number of fused-ring (bicyclic) bond motifs is 3. The van der Waals surface area contributed by atoms with Crippen molar-refractivity contribution in [1.82, 2.24) is 50.6 Å². The van der Waals surface area contributed by atoms with Gasteiger partial charge in [0, 0.05) is 70.2 Å². The molecule has 4 N–H and O–H groups in total. The van der Waals surface area contributed by atoms with E-state index >= 15 is 0 Å². The van der Waals surface area contributed by atoms with E-state index in [1.165, 1.54) is 27.8 Å². The predicted octanol–water partition coefficient (Wildman–Crippen LogP) is 16.3. The summed E-state index contributed by atoms with van der Waals surface area (Å²) in [5, 5.41) is 63.4. The van der Waals surface area contributed by atoms with E-state index in [1.807, 2.05) is 84.9 Å². The summed E-state index contributed by atoms with van der Waals surface area (Å²) in [6.45, 7) is 23.7. The maximum Gasteiger partial charge on any atom is 0.283 e. The molecule has 12 aromatic rings. The van der Waals surface area contributed by atoms with Crippen molar-refractivity contribution in [3.05, 3.63) is 195 Å². The van der Waals surface area contributed by atoms with Crippen LogP contribution in [0.3, 0.4) is 0 Å². The number of aryl methyl sites for hydroxylation is 3. The van der Waals surface area contributed by atoms with Gasteiger partial charge in [-0.05, 0) is 192 Å². The van der Waals surface area contributed by atoms with Crippen LogP contribution < -0.4 is 19.5 Å². The number of aliphatic hydroxyl groups is 3. The van der Waals surface area contributed by atoms with Crippen LogP contribution >= 0.6 is 23.2 Å². The highest BCUT2D eigenvalue weighted by Gasteiger charge is 2.28. The lowest BCUT2D eigenvalue weighted by Gasteiger charge is -2.33. The van der Waals surface area contributed by atoms with Crippen LogP contribution in [-0.2, 0) is 19.4 Å². The summed E-state index contributed by atoms with van der Waals surface area (Å²) in [4.78, 5) is 7.11. The van der Waals surface area contributed by atoms with E-state index in [4.69, 9.17) is 63.9 Å². The normalized spacial score (nSPS) is 16.1. The number of aromatic nitrogens is 6. The van der Waals surface area contributed by atoms with Crippen molar-refractivity contribution in [2.75, 3.05) is 78.7 Å². The highest BCUT2D eigenvalue weighted by molar-refractivity contribution is 6.42. The zero-order valence-corrected chi connectivity index (χ0v) is 64.1. The Morgan fingerprint density at radius 2 is 0.889 bits per heavy atom. The number of hydrogen-bond donors (Lipinski definition) is 4. The molecule has 0 radical (unpaired) electrons. The number of piperidine rings is 3. The van der Waals surface area contributed by atoms with Gasteiger partial charge in [0.05, 0.1) is 26.2 Å². The predicted molar refractivity (Wildman–Crippen MR) is 417 cm³/mol. The molecule has 22 nitrogen and oxygen atoms in total. The first-order chi connectivity index (χ1) is 52.3. The van der Waals surface area contributed by atoms with Crippen molar-refractivity contribution in [1.29, 1.82) is 0 Å². The molecule has 6 aromatic heterocycles. The van der Waals surface area contributed by atoms with Crippen molar-refractivity contribution in [3.63, 3.8) is 0 Å². The Hall–Kier alpha value is -8.94. The van der Waals surface area contributed by atoms with Crippen LogP contribution in [-0.4, -0.2) is 164 Å². The Balaban J connectivity index is 0.000000143. The number of nitrogens with zero attached hydrogens (tertiary/aromatic N) is 9. The van der Waals surface area contributed by atoms with Gasteiger partial charge < -0.3 is 71.1 Å². The Morgan fingerprint density at radius 1 is 0.444 bits per heavy atom. The monoisotopic (exact) mass is 1510 g/mol. The molecule has 3 atom stereocenters. The highest BCUT2D eigenvalue weighted by atomic mass is 35.5.